The maximum atomic E-state index is 12.7. The number of carbonyl (C=O) groups excluding carboxylic acids is 1. The van der Waals surface area contributed by atoms with E-state index in [2.05, 4.69) is 0 Å². The predicted molar refractivity (Wildman–Crippen MR) is 118 cm³/mol. The van der Waals surface area contributed by atoms with Crippen molar-refractivity contribution in [3.05, 3.63) is 70.8 Å². The molecule has 176 valence electrons. The summed E-state index contributed by atoms with van der Waals surface area (Å²) >= 11 is 0. The number of phenols is 3. The molecule has 2 aliphatic heterocycles. The molecule has 0 radical (unpaired) electrons. The Bertz CT molecular complexity index is 1290. The van der Waals surface area contributed by atoms with Crippen LogP contribution < -0.4 is 14.2 Å². The van der Waals surface area contributed by atoms with E-state index in [0.717, 1.165) is 6.07 Å². The fourth-order valence-corrected chi connectivity index (χ4v) is 4.55. The molecule has 0 fully saturated rings. The van der Waals surface area contributed by atoms with E-state index >= 15 is 0 Å². The van der Waals surface area contributed by atoms with Crippen LogP contribution >= 0.6 is 0 Å². The van der Waals surface area contributed by atoms with Gasteiger partial charge in [0.05, 0.1) is 19.6 Å². The minimum absolute atomic E-state index is 0.0185. The van der Waals surface area contributed by atoms with E-state index in [-0.39, 0.29) is 35.2 Å². The van der Waals surface area contributed by atoms with Crippen LogP contribution in [0, 0.1) is 0 Å². The van der Waals surface area contributed by atoms with E-state index in [9.17, 15) is 30.3 Å². The third-order valence-corrected chi connectivity index (χ3v) is 6.23. The van der Waals surface area contributed by atoms with Gasteiger partial charge < -0.3 is 39.7 Å². The fraction of sp³-hybridized carbons (Fsp3) is 0.240. The number of hydrogen-bond donors (Lipinski definition) is 5. The summed E-state index contributed by atoms with van der Waals surface area (Å²) in [6, 6.07) is 12.0. The molecule has 0 aliphatic carbocycles. The Morgan fingerprint density at radius 1 is 0.882 bits per heavy atom. The number of Topliss-reactive ketones (excluding diaryl/α,β-unsaturated/α-hetero) is 1. The minimum atomic E-state index is -1.59. The van der Waals surface area contributed by atoms with E-state index in [1.54, 1.807) is 30.3 Å². The zero-order valence-electron chi connectivity index (χ0n) is 18.0. The third kappa shape index (κ3) is 3.37. The summed E-state index contributed by atoms with van der Waals surface area (Å²) in [6.07, 6.45) is -3.25. The molecular formula is C25H22O9. The van der Waals surface area contributed by atoms with E-state index in [1.807, 2.05) is 0 Å². The molecule has 9 heteroatoms. The van der Waals surface area contributed by atoms with Crippen LogP contribution in [-0.4, -0.2) is 51.1 Å². The number of aromatic hydroxyl groups is 3. The zero-order valence-corrected chi connectivity index (χ0v) is 18.0. The summed E-state index contributed by atoms with van der Waals surface area (Å²) in [6.45, 7) is -0.248. The maximum absolute atomic E-state index is 12.7. The van der Waals surface area contributed by atoms with Crippen molar-refractivity contribution in [2.24, 2.45) is 0 Å². The Balaban J connectivity index is 1.50. The highest BCUT2D eigenvalue weighted by Crippen LogP contribution is 2.49. The van der Waals surface area contributed by atoms with Gasteiger partial charge in [-0.25, -0.2) is 0 Å². The molecule has 34 heavy (non-hydrogen) atoms. The highest BCUT2D eigenvalue weighted by Gasteiger charge is 2.41. The number of benzene rings is 3. The molecule has 9 nitrogen and oxygen atoms in total. The number of rotatable bonds is 4. The quantitative estimate of drug-likeness (QED) is 0.392. The lowest BCUT2D eigenvalue weighted by Gasteiger charge is -2.30. The molecule has 2 heterocycles. The van der Waals surface area contributed by atoms with Crippen LogP contribution in [0.1, 0.15) is 45.2 Å². The summed E-state index contributed by atoms with van der Waals surface area (Å²) in [4.78, 5) is 12.7. The van der Waals surface area contributed by atoms with Crippen LogP contribution in [0.4, 0.5) is 0 Å². The van der Waals surface area contributed by atoms with Crippen molar-refractivity contribution >= 4 is 5.78 Å². The van der Waals surface area contributed by atoms with Crippen LogP contribution in [0.5, 0.6) is 34.5 Å². The third-order valence-electron chi connectivity index (χ3n) is 6.23. The molecule has 0 saturated heterocycles. The smallest absolute Gasteiger partial charge is 0.202 e. The van der Waals surface area contributed by atoms with E-state index in [1.165, 1.54) is 19.2 Å². The topological polar surface area (TPSA) is 146 Å². The Morgan fingerprint density at radius 2 is 1.59 bits per heavy atom. The Kier molecular flexibility index (Phi) is 5.22. The van der Waals surface area contributed by atoms with Crippen LogP contribution in [-0.2, 0) is 0 Å². The number of aliphatic hydroxyl groups is 2. The van der Waals surface area contributed by atoms with Crippen molar-refractivity contribution in [3.63, 3.8) is 0 Å². The summed E-state index contributed by atoms with van der Waals surface area (Å²) < 4.78 is 17.1. The van der Waals surface area contributed by atoms with E-state index in [4.69, 9.17) is 14.2 Å². The van der Waals surface area contributed by atoms with Crippen molar-refractivity contribution in [1.82, 2.24) is 0 Å². The zero-order chi connectivity index (χ0) is 24.1. The number of fused-ring (bicyclic) bond motifs is 2. The number of aliphatic hydroxyl groups excluding tert-OH is 2. The van der Waals surface area contributed by atoms with Crippen molar-refractivity contribution in [1.29, 1.82) is 0 Å². The van der Waals surface area contributed by atoms with Crippen molar-refractivity contribution in [2.45, 2.75) is 24.2 Å². The molecule has 4 atom stereocenters. The largest absolute Gasteiger partial charge is 0.508 e. The van der Waals surface area contributed by atoms with E-state index in [0.29, 0.717) is 22.4 Å². The van der Waals surface area contributed by atoms with Crippen molar-refractivity contribution in [3.8, 4) is 34.5 Å². The van der Waals surface area contributed by atoms with Crippen molar-refractivity contribution < 1.29 is 44.5 Å². The molecule has 0 spiro atoms. The van der Waals surface area contributed by atoms with Crippen molar-refractivity contribution in [2.75, 3.05) is 13.7 Å². The molecule has 0 unspecified atom stereocenters. The van der Waals surface area contributed by atoms with Gasteiger partial charge in [-0.2, -0.15) is 0 Å². The second-order valence-corrected chi connectivity index (χ2v) is 8.24. The van der Waals surface area contributed by atoms with Gasteiger partial charge in [-0.3, -0.25) is 4.79 Å². The van der Waals surface area contributed by atoms with Crippen LogP contribution in [0.25, 0.3) is 0 Å². The fourth-order valence-electron chi connectivity index (χ4n) is 4.55. The first-order chi connectivity index (χ1) is 16.3. The Morgan fingerprint density at radius 3 is 2.32 bits per heavy atom. The highest BCUT2D eigenvalue weighted by molar-refractivity contribution is 6.05. The second kappa shape index (κ2) is 8.12. The standard InChI is InChI=1S/C25H22O9/c1-32-19-7-12(2-4-16(19)28)24-15(10-26)14-6-11(3-5-18(14)33-24)25-23(31)22(30)21-17(29)8-13(27)9-20(21)34-25/h2-9,15,23-29,31H,10H2,1H3/t15-,23+,24+,25-/m1/s1. The van der Waals surface area contributed by atoms with Gasteiger partial charge in [-0.1, -0.05) is 12.1 Å². The minimum Gasteiger partial charge on any atom is -0.508 e. The first kappa shape index (κ1) is 21.9. The molecule has 3 aromatic rings. The lowest BCUT2D eigenvalue weighted by molar-refractivity contribution is 0.0210. The lowest BCUT2D eigenvalue weighted by Crippen LogP contribution is -2.36. The molecule has 0 saturated carbocycles. The van der Waals surface area contributed by atoms with Gasteiger partial charge in [0.2, 0.25) is 5.78 Å². The average molecular weight is 466 g/mol. The summed E-state index contributed by atoms with van der Waals surface area (Å²) in [5, 5.41) is 50.5. The second-order valence-electron chi connectivity index (χ2n) is 8.24. The monoisotopic (exact) mass is 466 g/mol. The summed E-state index contributed by atoms with van der Waals surface area (Å²) in [5.41, 5.74) is 1.61. The van der Waals surface area contributed by atoms with Gasteiger partial charge in [0.1, 0.15) is 34.7 Å². The molecular weight excluding hydrogens is 444 g/mol. The first-order valence-corrected chi connectivity index (χ1v) is 10.6. The van der Waals surface area contributed by atoms with Gasteiger partial charge in [-0.15, -0.1) is 0 Å². The Labute approximate surface area is 194 Å². The lowest BCUT2D eigenvalue weighted by atomic mass is 9.88. The molecule has 0 aromatic heterocycles. The molecule has 3 aromatic carbocycles. The van der Waals surface area contributed by atoms with Gasteiger partial charge in [0.15, 0.2) is 23.7 Å². The van der Waals surface area contributed by atoms with E-state index < -0.39 is 35.8 Å². The number of phenolic OH excluding ortho intramolecular Hbond substituents is 3. The predicted octanol–water partition coefficient (Wildman–Crippen LogP) is 2.70. The van der Waals surface area contributed by atoms with Gasteiger partial charge in [-0.05, 0) is 35.4 Å². The highest BCUT2D eigenvalue weighted by atomic mass is 16.5. The number of hydrogen-bond acceptors (Lipinski definition) is 9. The number of methoxy groups -OCH3 is 1. The normalized spacial score (nSPS) is 23.0. The molecule has 0 bridgehead atoms. The summed E-state index contributed by atoms with van der Waals surface area (Å²) in [5.74, 6) is -1.22. The molecule has 5 N–H and O–H groups in total. The van der Waals surface area contributed by atoms with Crippen LogP contribution in [0.15, 0.2) is 48.5 Å². The average Bonchev–Trinajstić information content (AvgIpc) is 3.19. The molecule has 2 aliphatic rings. The Hall–Kier alpha value is -3.95. The summed E-state index contributed by atoms with van der Waals surface area (Å²) in [7, 11) is 1.44. The van der Waals surface area contributed by atoms with Crippen LogP contribution in [0.2, 0.25) is 0 Å². The molecule has 5 rings (SSSR count). The number of ether oxygens (including phenoxy) is 3. The van der Waals surface area contributed by atoms with Gasteiger partial charge >= 0.3 is 0 Å². The SMILES string of the molecule is COc1cc([C@@H]2Oc3ccc([C@H]4Oc5cc(O)cc(O)c5C(=O)[C@@H]4O)cc3[C@H]2CO)ccc1O. The number of ketones is 1. The molecule has 0 amide bonds. The van der Waals surface area contributed by atoms with Gasteiger partial charge in [0, 0.05) is 17.7 Å². The van der Waals surface area contributed by atoms with Gasteiger partial charge in [0.25, 0.3) is 0 Å². The first-order valence-electron chi connectivity index (χ1n) is 10.6. The number of carbonyl (C=O) groups is 1. The maximum Gasteiger partial charge on any atom is 0.202 e. The van der Waals surface area contributed by atoms with Crippen LogP contribution in [0.3, 0.4) is 0 Å².